The van der Waals surface area contributed by atoms with E-state index in [0.717, 1.165) is 36.5 Å². The van der Waals surface area contributed by atoms with Gasteiger partial charge in [-0.3, -0.25) is 4.98 Å². The first-order valence-electron chi connectivity index (χ1n) is 10.8. The molecule has 2 aromatic heterocycles. The number of amides is 2. The van der Waals surface area contributed by atoms with Crippen LogP contribution in [0.2, 0.25) is 0 Å². The molecule has 8 heteroatoms. The van der Waals surface area contributed by atoms with Crippen LogP contribution in [0.3, 0.4) is 0 Å². The number of anilines is 1. The molecule has 0 bridgehead atoms. The summed E-state index contributed by atoms with van der Waals surface area (Å²) in [4.78, 5) is 32.5. The zero-order chi connectivity index (χ0) is 20.6. The molecule has 0 aromatic carbocycles. The van der Waals surface area contributed by atoms with Crippen molar-refractivity contribution in [1.82, 2.24) is 24.8 Å². The van der Waals surface area contributed by atoms with Gasteiger partial charge in [-0.15, -0.1) is 0 Å². The Hall–Kier alpha value is -2.77. The number of hydrogen-bond acceptors (Lipinski definition) is 5. The van der Waals surface area contributed by atoms with Gasteiger partial charge in [-0.2, -0.15) is 0 Å². The Morgan fingerprint density at radius 3 is 2.67 bits per heavy atom. The van der Waals surface area contributed by atoms with E-state index in [4.69, 9.17) is 4.98 Å². The predicted molar refractivity (Wildman–Crippen MR) is 109 cm³/mol. The highest BCUT2D eigenvalue weighted by Crippen LogP contribution is 2.42. The molecule has 0 radical (unpaired) electrons. The topological polar surface area (TPSA) is 65.5 Å². The first-order chi connectivity index (χ1) is 14.5. The summed E-state index contributed by atoms with van der Waals surface area (Å²) in [6, 6.07) is 2.35. The summed E-state index contributed by atoms with van der Waals surface area (Å²) in [6.07, 6.45) is 4.35. The maximum absolute atomic E-state index is 14.3. The normalized spacial score (nSPS) is 23.5. The number of aryl methyl sites for hydroxylation is 2. The Kier molecular flexibility index (Phi) is 3.82. The van der Waals surface area contributed by atoms with Crippen LogP contribution in [0.25, 0.3) is 0 Å². The average molecular weight is 408 g/mol. The third-order valence-corrected chi connectivity index (χ3v) is 6.95. The van der Waals surface area contributed by atoms with E-state index in [-0.39, 0.29) is 23.9 Å². The molecule has 0 N–H and O–H groups in total. The van der Waals surface area contributed by atoms with Crippen molar-refractivity contribution < 1.29 is 9.18 Å². The minimum Gasteiger partial charge on any atom is -0.350 e. The van der Waals surface area contributed by atoms with E-state index < -0.39 is 0 Å². The smallest absolute Gasteiger partial charge is 0.321 e. The number of pyridine rings is 1. The molecule has 2 saturated heterocycles. The summed E-state index contributed by atoms with van der Waals surface area (Å²) in [7, 11) is 0. The van der Waals surface area contributed by atoms with Crippen LogP contribution in [0.4, 0.5) is 15.0 Å². The van der Waals surface area contributed by atoms with Crippen molar-refractivity contribution in [3.8, 4) is 0 Å². The van der Waals surface area contributed by atoms with Crippen molar-refractivity contribution in [3.05, 3.63) is 46.4 Å². The number of rotatable bonds is 3. The first kappa shape index (κ1) is 18.0. The van der Waals surface area contributed by atoms with Gasteiger partial charge >= 0.3 is 6.03 Å². The molecule has 1 unspecified atom stereocenters. The fourth-order valence-electron chi connectivity index (χ4n) is 5.11. The molecule has 156 valence electrons. The van der Waals surface area contributed by atoms with E-state index in [1.54, 1.807) is 0 Å². The van der Waals surface area contributed by atoms with Crippen LogP contribution in [0.1, 0.15) is 59.6 Å². The Bertz CT molecular complexity index is 1050. The molecule has 1 aliphatic carbocycles. The van der Waals surface area contributed by atoms with Gasteiger partial charge in [0.15, 0.2) is 11.6 Å². The molecule has 6 rings (SSSR count). The predicted octanol–water partition coefficient (Wildman–Crippen LogP) is 3.08. The standard InChI is InChI=1S/C22H25FN6O/c1-12-7-13(2)25-19-16(12)11-29-18(19)5-6-28(22(29)30)15-9-27(10-15)21-17(23)8-24-20(26-21)14-3-4-14/h7-8,14-15,18H,3-6,9-11H2,1-2H3. The Morgan fingerprint density at radius 2 is 1.90 bits per heavy atom. The Balaban J connectivity index is 1.17. The van der Waals surface area contributed by atoms with Crippen molar-refractivity contribution in [2.24, 2.45) is 0 Å². The molecule has 2 aromatic rings. The number of fused-ring (bicyclic) bond motifs is 3. The van der Waals surface area contributed by atoms with Gasteiger partial charge in [0.1, 0.15) is 5.82 Å². The maximum Gasteiger partial charge on any atom is 0.321 e. The molecule has 30 heavy (non-hydrogen) atoms. The number of nitrogens with zero attached hydrogens (tertiary/aromatic N) is 6. The quantitative estimate of drug-likeness (QED) is 0.781. The molecule has 2 amide bonds. The lowest BCUT2D eigenvalue weighted by atomic mass is 10.0. The molecular formula is C22H25FN6O. The lowest BCUT2D eigenvalue weighted by molar-refractivity contribution is 0.0755. The van der Waals surface area contributed by atoms with Crippen LogP contribution in [-0.2, 0) is 6.54 Å². The zero-order valence-electron chi connectivity index (χ0n) is 17.3. The SMILES string of the molecule is Cc1cc(C)c2c(n1)C1CCN(C3CN(c4nc(C5CC5)ncc4F)C3)C(=O)N1C2. The number of carbonyl (C=O) groups is 1. The molecule has 0 spiro atoms. The van der Waals surface area contributed by atoms with Gasteiger partial charge in [0.25, 0.3) is 0 Å². The van der Waals surface area contributed by atoms with Crippen molar-refractivity contribution in [2.45, 2.75) is 57.7 Å². The number of urea groups is 1. The summed E-state index contributed by atoms with van der Waals surface area (Å²) in [6.45, 7) is 6.69. The van der Waals surface area contributed by atoms with Crippen LogP contribution < -0.4 is 4.90 Å². The van der Waals surface area contributed by atoms with E-state index in [0.29, 0.717) is 37.9 Å². The summed E-state index contributed by atoms with van der Waals surface area (Å²) in [5, 5.41) is 0. The second-order valence-corrected chi connectivity index (χ2v) is 9.09. The highest BCUT2D eigenvalue weighted by molar-refractivity contribution is 5.78. The van der Waals surface area contributed by atoms with Crippen molar-refractivity contribution in [2.75, 3.05) is 24.5 Å². The minimum atomic E-state index is -0.380. The summed E-state index contributed by atoms with van der Waals surface area (Å²) in [5.41, 5.74) is 4.50. The molecule has 3 fully saturated rings. The van der Waals surface area contributed by atoms with Crippen LogP contribution in [0.5, 0.6) is 0 Å². The highest BCUT2D eigenvalue weighted by Gasteiger charge is 2.46. The number of aromatic nitrogens is 3. The molecule has 4 aliphatic rings. The molecule has 1 atom stereocenters. The van der Waals surface area contributed by atoms with Crippen LogP contribution in [0, 0.1) is 19.7 Å². The van der Waals surface area contributed by atoms with Gasteiger partial charge in [-0.25, -0.2) is 19.2 Å². The first-order valence-corrected chi connectivity index (χ1v) is 10.8. The molecular weight excluding hydrogens is 383 g/mol. The molecule has 3 aliphatic heterocycles. The van der Waals surface area contributed by atoms with Gasteiger partial charge in [0.2, 0.25) is 0 Å². The monoisotopic (exact) mass is 408 g/mol. The van der Waals surface area contributed by atoms with Gasteiger partial charge in [0.05, 0.1) is 30.5 Å². The lowest BCUT2D eigenvalue weighted by Gasteiger charge is -2.49. The zero-order valence-corrected chi connectivity index (χ0v) is 17.3. The Morgan fingerprint density at radius 1 is 1.10 bits per heavy atom. The van der Waals surface area contributed by atoms with Gasteiger partial charge in [-0.05, 0) is 50.3 Å². The minimum absolute atomic E-state index is 0.0766. The second kappa shape index (κ2) is 6.36. The van der Waals surface area contributed by atoms with Gasteiger partial charge < -0.3 is 14.7 Å². The van der Waals surface area contributed by atoms with Crippen LogP contribution in [0.15, 0.2) is 12.3 Å². The third-order valence-electron chi connectivity index (χ3n) is 6.95. The summed E-state index contributed by atoms with van der Waals surface area (Å²) >= 11 is 0. The summed E-state index contributed by atoms with van der Waals surface area (Å²) < 4.78 is 14.3. The van der Waals surface area contributed by atoms with E-state index in [1.807, 2.05) is 21.6 Å². The average Bonchev–Trinajstić information content (AvgIpc) is 3.45. The fraction of sp³-hybridized carbons (Fsp3) is 0.545. The molecule has 1 saturated carbocycles. The second-order valence-electron chi connectivity index (χ2n) is 9.09. The van der Waals surface area contributed by atoms with E-state index in [9.17, 15) is 9.18 Å². The van der Waals surface area contributed by atoms with Gasteiger partial charge in [-0.1, -0.05) is 0 Å². The van der Waals surface area contributed by atoms with Crippen molar-refractivity contribution in [3.63, 3.8) is 0 Å². The number of carbonyl (C=O) groups excluding carboxylic acids is 1. The van der Waals surface area contributed by atoms with Crippen LogP contribution in [-0.4, -0.2) is 56.5 Å². The van der Waals surface area contributed by atoms with Crippen molar-refractivity contribution in [1.29, 1.82) is 0 Å². The van der Waals surface area contributed by atoms with Crippen LogP contribution >= 0.6 is 0 Å². The molecule has 7 nitrogen and oxygen atoms in total. The summed E-state index contributed by atoms with van der Waals surface area (Å²) in [5.74, 6) is 1.14. The van der Waals surface area contributed by atoms with E-state index in [2.05, 4.69) is 23.0 Å². The fourth-order valence-corrected chi connectivity index (χ4v) is 5.11. The number of hydrogen-bond donors (Lipinski definition) is 0. The van der Waals surface area contributed by atoms with Gasteiger partial charge in [0, 0.05) is 31.2 Å². The maximum atomic E-state index is 14.3. The largest absolute Gasteiger partial charge is 0.350 e. The van der Waals surface area contributed by atoms with E-state index in [1.165, 1.54) is 17.3 Å². The Labute approximate surface area is 174 Å². The molecule has 5 heterocycles. The van der Waals surface area contributed by atoms with Crippen molar-refractivity contribution >= 4 is 11.8 Å². The lowest BCUT2D eigenvalue weighted by Crippen LogP contribution is -2.64. The highest BCUT2D eigenvalue weighted by atomic mass is 19.1. The third kappa shape index (κ3) is 2.69. The van der Waals surface area contributed by atoms with E-state index >= 15 is 0 Å². The number of halogens is 1.